The summed E-state index contributed by atoms with van der Waals surface area (Å²) in [5, 5.41) is 12.3. The van der Waals surface area contributed by atoms with Crippen molar-refractivity contribution in [3.8, 4) is 0 Å². The summed E-state index contributed by atoms with van der Waals surface area (Å²) in [5.41, 5.74) is 1.74. The molecule has 0 aromatic heterocycles. The lowest BCUT2D eigenvalue weighted by Crippen LogP contribution is -2.39. The Morgan fingerprint density at radius 2 is 1.90 bits per heavy atom. The maximum absolute atomic E-state index is 12.4. The van der Waals surface area contributed by atoms with Crippen molar-refractivity contribution in [1.29, 1.82) is 0 Å². The zero-order valence-corrected chi connectivity index (χ0v) is 12.5. The summed E-state index contributed by atoms with van der Waals surface area (Å²) < 4.78 is 0. The van der Waals surface area contributed by atoms with Gasteiger partial charge in [0.2, 0.25) is 0 Å². The second kappa shape index (κ2) is 6.31. The first kappa shape index (κ1) is 14.9. The summed E-state index contributed by atoms with van der Waals surface area (Å²) in [6.07, 6.45) is 2.06. The lowest BCUT2D eigenvalue weighted by atomic mass is 9.96. The molecule has 0 bridgehead atoms. The molecule has 20 heavy (non-hydrogen) atoms. The second-order valence-electron chi connectivity index (χ2n) is 5.14. The van der Waals surface area contributed by atoms with E-state index in [4.69, 9.17) is 0 Å². The van der Waals surface area contributed by atoms with Crippen molar-refractivity contribution < 1.29 is 14.7 Å². The molecule has 108 valence electrons. The summed E-state index contributed by atoms with van der Waals surface area (Å²) in [5.74, 6) is 0.723. The van der Waals surface area contributed by atoms with Crippen LogP contribution in [0.5, 0.6) is 0 Å². The van der Waals surface area contributed by atoms with E-state index in [1.54, 1.807) is 26.0 Å². The Labute approximate surface area is 123 Å². The number of hydrogen-bond acceptors (Lipinski definition) is 3. The lowest BCUT2D eigenvalue weighted by Gasteiger charge is -2.23. The summed E-state index contributed by atoms with van der Waals surface area (Å²) in [6.45, 7) is 3.49. The number of hydrogen-bond donors (Lipinski definition) is 2. The third-order valence-electron chi connectivity index (χ3n) is 3.56. The predicted octanol–water partition coefficient (Wildman–Crippen LogP) is 2.63. The molecule has 1 aliphatic heterocycles. The number of carboxylic acid groups (broad SMARTS) is 1. The van der Waals surface area contributed by atoms with Crippen LogP contribution < -0.4 is 5.32 Å². The van der Waals surface area contributed by atoms with E-state index >= 15 is 0 Å². The number of carbonyl (C=O) groups excluding carboxylic acids is 1. The number of aryl methyl sites for hydroxylation is 2. The maximum Gasteiger partial charge on any atom is 0.336 e. The molecule has 1 unspecified atom stereocenters. The van der Waals surface area contributed by atoms with Gasteiger partial charge in [-0.2, -0.15) is 11.8 Å². The molecule has 1 aromatic rings. The number of nitrogens with one attached hydrogen (secondary N) is 1. The van der Waals surface area contributed by atoms with Gasteiger partial charge in [-0.15, -0.1) is 0 Å². The highest BCUT2D eigenvalue weighted by Crippen LogP contribution is 2.21. The number of carbonyl (C=O) groups is 2. The zero-order valence-electron chi connectivity index (χ0n) is 11.7. The fraction of sp³-hybridized carbons (Fsp3) is 0.467. The van der Waals surface area contributed by atoms with Gasteiger partial charge in [-0.25, -0.2) is 4.79 Å². The van der Waals surface area contributed by atoms with Crippen molar-refractivity contribution in [3.63, 3.8) is 0 Å². The van der Waals surface area contributed by atoms with E-state index in [9.17, 15) is 14.7 Å². The van der Waals surface area contributed by atoms with Crippen molar-refractivity contribution in [3.05, 3.63) is 34.4 Å². The lowest BCUT2D eigenvalue weighted by molar-refractivity contribution is 0.0689. The summed E-state index contributed by atoms with van der Waals surface area (Å²) in [6, 6.07) is 3.68. The quantitative estimate of drug-likeness (QED) is 0.899. The Balaban J connectivity index is 2.28. The van der Waals surface area contributed by atoms with Crippen molar-refractivity contribution in [1.82, 2.24) is 5.32 Å². The number of rotatable bonds is 3. The molecule has 1 atom stereocenters. The number of thioether (sulfide) groups is 1. The van der Waals surface area contributed by atoms with Gasteiger partial charge in [-0.05, 0) is 43.6 Å². The van der Waals surface area contributed by atoms with Gasteiger partial charge in [0.1, 0.15) is 0 Å². The molecule has 1 fully saturated rings. The second-order valence-corrected chi connectivity index (χ2v) is 6.29. The van der Waals surface area contributed by atoms with Crippen molar-refractivity contribution in [2.24, 2.45) is 0 Å². The first-order valence-corrected chi connectivity index (χ1v) is 7.88. The third kappa shape index (κ3) is 3.15. The van der Waals surface area contributed by atoms with Gasteiger partial charge in [0, 0.05) is 11.8 Å². The minimum atomic E-state index is -1.05. The van der Waals surface area contributed by atoms with Gasteiger partial charge >= 0.3 is 5.97 Å². The van der Waals surface area contributed by atoms with Gasteiger partial charge in [0.15, 0.2) is 0 Å². The van der Waals surface area contributed by atoms with Crippen LogP contribution in [0.25, 0.3) is 0 Å². The standard InChI is InChI=1S/C15H19NO3S/c1-9-5-6-10(2)13(15(18)19)12(9)14(17)16-11-4-3-7-20-8-11/h5-6,11H,3-4,7-8H2,1-2H3,(H,16,17)(H,18,19). The largest absolute Gasteiger partial charge is 0.478 e. The molecule has 1 heterocycles. The van der Waals surface area contributed by atoms with Crippen LogP contribution in [0.3, 0.4) is 0 Å². The Morgan fingerprint density at radius 3 is 2.45 bits per heavy atom. The monoisotopic (exact) mass is 293 g/mol. The molecule has 4 nitrogen and oxygen atoms in total. The fourth-order valence-corrected chi connectivity index (χ4v) is 3.56. The minimum absolute atomic E-state index is 0.117. The number of carboxylic acids is 1. The highest BCUT2D eigenvalue weighted by atomic mass is 32.2. The first-order chi connectivity index (χ1) is 9.50. The normalized spacial score (nSPS) is 18.6. The van der Waals surface area contributed by atoms with Crippen LogP contribution in [-0.2, 0) is 0 Å². The molecule has 1 aliphatic rings. The molecule has 5 heteroatoms. The summed E-state index contributed by atoms with van der Waals surface area (Å²) >= 11 is 1.83. The molecule has 1 saturated heterocycles. The average molecular weight is 293 g/mol. The van der Waals surface area contributed by atoms with Gasteiger partial charge in [-0.3, -0.25) is 4.79 Å². The van der Waals surface area contributed by atoms with Crippen LogP contribution in [0.15, 0.2) is 12.1 Å². The highest BCUT2D eigenvalue weighted by Gasteiger charge is 2.24. The van der Waals surface area contributed by atoms with E-state index in [1.807, 2.05) is 11.8 Å². The first-order valence-electron chi connectivity index (χ1n) is 6.73. The van der Waals surface area contributed by atoms with Crippen LogP contribution in [0.2, 0.25) is 0 Å². The van der Waals surface area contributed by atoms with Crippen LogP contribution >= 0.6 is 11.8 Å². The van der Waals surface area contributed by atoms with E-state index in [1.165, 1.54) is 0 Å². The molecule has 1 amide bonds. The Morgan fingerprint density at radius 1 is 1.25 bits per heavy atom. The fourth-order valence-electron chi connectivity index (χ4n) is 2.49. The number of aromatic carboxylic acids is 1. The SMILES string of the molecule is Cc1ccc(C)c(C(=O)NC2CCCSC2)c1C(=O)O. The van der Waals surface area contributed by atoms with Crippen molar-refractivity contribution in [2.75, 3.05) is 11.5 Å². The highest BCUT2D eigenvalue weighted by molar-refractivity contribution is 7.99. The average Bonchev–Trinajstić information content (AvgIpc) is 2.41. The number of amides is 1. The predicted molar refractivity (Wildman–Crippen MR) is 80.7 cm³/mol. The Hall–Kier alpha value is -1.49. The molecule has 2 rings (SSSR count). The van der Waals surface area contributed by atoms with Gasteiger partial charge in [-0.1, -0.05) is 12.1 Å². The summed E-state index contributed by atoms with van der Waals surface area (Å²) in [7, 11) is 0. The van der Waals surface area contributed by atoms with E-state index in [-0.39, 0.29) is 17.5 Å². The smallest absolute Gasteiger partial charge is 0.336 e. The molecule has 0 aliphatic carbocycles. The Kier molecular flexibility index (Phi) is 4.70. The van der Waals surface area contributed by atoms with Crippen LogP contribution in [0.4, 0.5) is 0 Å². The maximum atomic E-state index is 12.4. The van der Waals surface area contributed by atoms with Gasteiger partial charge < -0.3 is 10.4 Å². The summed E-state index contributed by atoms with van der Waals surface area (Å²) in [4.78, 5) is 23.8. The minimum Gasteiger partial charge on any atom is -0.478 e. The van der Waals surface area contributed by atoms with Crippen LogP contribution in [-0.4, -0.2) is 34.5 Å². The van der Waals surface area contributed by atoms with Crippen LogP contribution in [0.1, 0.15) is 44.7 Å². The van der Waals surface area contributed by atoms with Gasteiger partial charge in [0.05, 0.1) is 11.1 Å². The molecule has 1 aromatic carbocycles. The van der Waals surface area contributed by atoms with Crippen molar-refractivity contribution >= 4 is 23.6 Å². The van der Waals surface area contributed by atoms with E-state index in [0.717, 1.165) is 24.3 Å². The Bertz CT molecular complexity index is 536. The topological polar surface area (TPSA) is 66.4 Å². The van der Waals surface area contributed by atoms with Gasteiger partial charge in [0.25, 0.3) is 5.91 Å². The number of benzene rings is 1. The van der Waals surface area contributed by atoms with E-state index in [2.05, 4.69) is 5.32 Å². The molecular weight excluding hydrogens is 274 g/mol. The molecular formula is C15H19NO3S. The van der Waals surface area contributed by atoms with E-state index < -0.39 is 5.97 Å². The molecule has 0 radical (unpaired) electrons. The van der Waals surface area contributed by atoms with Crippen molar-refractivity contribution in [2.45, 2.75) is 32.7 Å². The van der Waals surface area contributed by atoms with E-state index in [0.29, 0.717) is 16.7 Å². The molecule has 0 spiro atoms. The third-order valence-corrected chi connectivity index (χ3v) is 4.77. The zero-order chi connectivity index (χ0) is 14.7. The van der Waals surface area contributed by atoms with Crippen LogP contribution in [0, 0.1) is 13.8 Å². The molecule has 2 N–H and O–H groups in total. The molecule has 0 saturated carbocycles.